The van der Waals surface area contributed by atoms with Crippen molar-refractivity contribution in [1.82, 2.24) is 15.6 Å². The number of carbonyl (C=O) groups is 2. The average Bonchev–Trinajstić information content (AvgIpc) is 3.10. The molecule has 0 radical (unpaired) electrons. The van der Waals surface area contributed by atoms with Crippen LogP contribution in [0.4, 0.5) is 0 Å². The largest absolute Gasteiger partial charge is 0.361 e. The van der Waals surface area contributed by atoms with Crippen molar-refractivity contribution in [1.29, 1.82) is 0 Å². The van der Waals surface area contributed by atoms with Gasteiger partial charge in [0.25, 0.3) is 0 Å². The molecule has 1 heterocycles. The molecule has 2 aromatic carbocycles. The van der Waals surface area contributed by atoms with Crippen molar-refractivity contribution in [3.8, 4) is 0 Å². The van der Waals surface area contributed by atoms with E-state index in [-0.39, 0.29) is 11.8 Å². The summed E-state index contributed by atoms with van der Waals surface area (Å²) in [6.07, 6.45) is 2.68. The summed E-state index contributed by atoms with van der Waals surface area (Å²) in [6.45, 7) is 3.86. The van der Waals surface area contributed by atoms with E-state index < -0.39 is 6.04 Å². The van der Waals surface area contributed by atoms with Gasteiger partial charge in [-0.1, -0.05) is 35.9 Å². The van der Waals surface area contributed by atoms with Crippen molar-refractivity contribution in [3.63, 3.8) is 0 Å². The van der Waals surface area contributed by atoms with Crippen molar-refractivity contribution in [2.45, 2.75) is 31.2 Å². The maximum Gasteiger partial charge on any atom is 0.243 e. The maximum atomic E-state index is 12.6. The highest BCUT2D eigenvalue weighted by Gasteiger charge is 2.19. The van der Waals surface area contributed by atoms with Gasteiger partial charge in [-0.2, -0.15) is 0 Å². The van der Waals surface area contributed by atoms with Crippen molar-refractivity contribution in [2.75, 3.05) is 12.3 Å². The molecule has 0 aliphatic rings. The Morgan fingerprint density at radius 3 is 2.76 bits per heavy atom. The lowest BCUT2D eigenvalue weighted by Crippen LogP contribution is -2.48. The first-order valence-corrected chi connectivity index (χ1v) is 10.8. The third kappa shape index (κ3) is 5.78. The minimum Gasteiger partial charge on any atom is -0.361 e. The summed E-state index contributed by atoms with van der Waals surface area (Å²) in [6, 6.07) is 13.2. The molecular weight excluding hydrogens is 406 g/mol. The van der Waals surface area contributed by atoms with E-state index in [9.17, 15) is 9.59 Å². The Kier molecular flexibility index (Phi) is 7.23. The number of carbonyl (C=O) groups excluding carboxylic acids is 2. The Morgan fingerprint density at radius 1 is 1.21 bits per heavy atom. The number of hydrogen-bond acceptors (Lipinski definition) is 3. The highest BCUT2D eigenvalue weighted by molar-refractivity contribution is 7.99. The third-order valence-corrected chi connectivity index (χ3v) is 6.12. The second kappa shape index (κ2) is 9.85. The van der Waals surface area contributed by atoms with E-state index in [1.54, 1.807) is 0 Å². The van der Waals surface area contributed by atoms with Gasteiger partial charge in [0.05, 0.1) is 0 Å². The zero-order valence-electron chi connectivity index (χ0n) is 16.4. The smallest absolute Gasteiger partial charge is 0.243 e. The van der Waals surface area contributed by atoms with Crippen LogP contribution in [0.3, 0.4) is 0 Å². The molecule has 0 aliphatic heterocycles. The molecule has 3 aromatic rings. The number of aryl methyl sites for hydroxylation is 1. The number of nitrogens with one attached hydrogen (secondary N) is 3. The molecule has 3 N–H and O–H groups in total. The standard InChI is InChI=1S/C22H24ClN3O2S/c1-14-7-8-17(11-19(14)23)29-13-21(26-15(2)27)22(28)24-10-9-16-12-25-20-6-4-3-5-18(16)20/h3-8,11-12,21,25H,9-10,13H2,1-2H3,(H,24,28)(H,26,27). The number of hydrogen-bond donors (Lipinski definition) is 3. The first kappa shape index (κ1) is 21.3. The van der Waals surface area contributed by atoms with Gasteiger partial charge >= 0.3 is 0 Å². The number of fused-ring (bicyclic) bond motifs is 1. The first-order valence-electron chi connectivity index (χ1n) is 9.43. The number of aromatic amines is 1. The normalized spacial score (nSPS) is 12.0. The molecule has 5 nitrogen and oxygen atoms in total. The number of aromatic nitrogens is 1. The minimum atomic E-state index is -0.611. The molecule has 1 aromatic heterocycles. The van der Waals surface area contributed by atoms with E-state index in [0.29, 0.717) is 23.7 Å². The zero-order chi connectivity index (χ0) is 20.8. The van der Waals surface area contributed by atoms with Gasteiger partial charge < -0.3 is 15.6 Å². The molecule has 7 heteroatoms. The molecule has 29 heavy (non-hydrogen) atoms. The van der Waals surface area contributed by atoms with Crippen molar-refractivity contribution in [2.24, 2.45) is 0 Å². The Balaban J connectivity index is 1.56. The average molecular weight is 430 g/mol. The fourth-order valence-electron chi connectivity index (χ4n) is 3.05. The second-order valence-corrected chi connectivity index (χ2v) is 8.38. The number of rotatable bonds is 8. The van der Waals surface area contributed by atoms with Crippen LogP contribution in [0.15, 0.2) is 53.6 Å². The van der Waals surface area contributed by atoms with Crippen molar-refractivity contribution < 1.29 is 9.59 Å². The summed E-state index contributed by atoms with van der Waals surface area (Å²) in [7, 11) is 0. The van der Waals surface area contributed by atoms with Gasteiger partial charge in [0.2, 0.25) is 11.8 Å². The molecule has 2 amide bonds. The Labute approximate surface area is 179 Å². The zero-order valence-corrected chi connectivity index (χ0v) is 18.0. The van der Waals surface area contributed by atoms with Gasteiger partial charge in [-0.15, -0.1) is 11.8 Å². The third-order valence-electron chi connectivity index (χ3n) is 4.62. The van der Waals surface area contributed by atoms with Crippen LogP contribution in [0.25, 0.3) is 10.9 Å². The molecular formula is C22H24ClN3O2S. The van der Waals surface area contributed by atoms with Gasteiger partial charge in [-0.3, -0.25) is 9.59 Å². The van der Waals surface area contributed by atoms with E-state index >= 15 is 0 Å². The highest BCUT2D eigenvalue weighted by atomic mass is 35.5. The summed E-state index contributed by atoms with van der Waals surface area (Å²) >= 11 is 7.66. The lowest BCUT2D eigenvalue weighted by Gasteiger charge is -2.17. The van der Waals surface area contributed by atoms with E-state index in [2.05, 4.69) is 21.7 Å². The topological polar surface area (TPSA) is 74.0 Å². The fourth-order valence-corrected chi connectivity index (χ4v) is 4.26. The van der Waals surface area contributed by atoms with Crippen LogP contribution in [0.5, 0.6) is 0 Å². The number of para-hydroxylation sites is 1. The maximum absolute atomic E-state index is 12.6. The molecule has 152 valence electrons. The molecule has 1 atom stereocenters. The summed E-state index contributed by atoms with van der Waals surface area (Å²) in [5.74, 6) is 0.00723. The van der Waals surface area contributed by atoms with Gasteiger partial charge in [0.15, 0.2) is 0 Å². The summed E-state index contributed by atoms with van der Waals surface area (Å²) < 4.78 is 0. The molecule has 0 spiro atoms. The van der Waals surface area contributed by atoms with E-state index in [1.807, 2.05) is 49.5 Å². The molecule has 0 aliphatic carbocycles. The predicted octanol–water partition coefficient (Wildman–Crippen LogP) is 4.09. The number of thioether (sulfide) groups is 1. The van der Waals surface area contributed by atoms with Gasteiger partial charge in [-0.05, 0) is 42.7 Å². The summed E-state index contributed by atoms with van der Waals surface area (Å²) in [5, 5.41) is 7.53. The van der Waals surface area contributed by atoms with E-state index in [0.717, 1.165) is 26.9 Å². The number of amides is 2. The first-order chi connectivity index (χ1) is 13.9. The van der Waals surface area contributed by atoms with Gasteiger partial charge in [-0.25, -0.2) is 0 Å². The Bertz CT molecular complexity index is 1020. The Morgan fingerprint density at radius 2 is 2.00 bits per heavy atom. The molecule has 0 saturated carbocycles. The molecule has 0 bridgehead atoms. The molecule has 0 saturated heterocycles. The fraction of sp³-hybridized carbons (Fsp3) is 0.273. The lowest BCUT2D eigenvalue weighted by molar-refractivity contribution is -0.127. The molecule has 3 rings (SSSR count). The highest BCUT2D eigenvalue weighted by Crippen LogP contribution is 2.25. The quantitative estimate of drug-likeness (QED) is 0.472. The van der Waals surface area contributed by atoms with Crippen molar-refractivity contribution in [3.05, 3.63) is 64.8 Å². The van der Waals surface area contributed by atoms with Gasteiger partial charge in [0, 0.05) is 46.2 Å². The lowest BCUT2D eigenvalue weighted by atomic mass is 10.1. The van der Waals surface area contributed by atoms with Crippen molar-refractivity contribution >= 4 is 46.1 Å². The van der Waals surface area contributed by atoms with E-state index in [1.165, 1.54) is 18.7 Å². The monoisotopic (exact) mass is 429 g/mol. The van der Waals surface area contributed by atoms with Crippen LogP contribution < -0.4 is 10.6 Å². The van der Waals surface area contributed by atoms with Crippen LogP contribution >= 0.6 is 23.4 Å². The SMILES string of the molecule is CC(=O)NC(CSc1ccc(C)c(Cl)c1)C(=O)NCCc1c[nH]c2ccccc12. The molecule has 0 fully saturated rings. The second-order valence-electron chi connectivity index (χ2n) is 6.88. The van der Waals surface area contributed by atoms with Crippen LogP contribution in [0.1, 0.15) is 18.1 Å². The summed E-state index contributed by atoms with van der Waals surface area (Å²) in [4.78, 5) is 28.4. The van der Waals surface area contributed by atoms with E-state index in [4.69, 9.17) is 11.6 Å². The summed E-state index contributed by atoms with van der Waals surface area (Å²) in [5.41, 5.74) is 3.24. The number of halogens is 1. The van der Waals surface area contributed by atoms with Crippen LogP contribution in [0, 0.1) is 6.92 Å². The van der Waals surface area contributed by atoms with Crippen LogP contribution in [0.2, 0.25) is 5.02 Å². The number of benzene rings is 2. The minimum absolute atomic E-state index is 0.189. The Hall–Kier alpha value is -2.44. The molecule has 1 unspecified atom stereocenters. The van der Waals surface area contributed by atoms with Gasteiger partial charge in [0.1, 0.15) is 6.04 Å². The predicted molar refractivity (Wildman–Crippen MR) is 120 cm³/mol. The van der Waals surface area contributed by atoms with Crippen LogP contribution in [-0.2, 0) is 16.0 Å². The number of H-pyrrole nitrogens is 1. The van der Waals surface area contributed by atoms with Crippen LogP contribution in [-0.4, -0.2) is 35.1 Å².